The number of hydrogen-bond donors (Lipinski definition) is 1. The highest BCUT2D eigenvalue weighted by Crippen LogP contribution is 2.02. The van der Waals surface area contributed by atoms with Gasteiger partial charge in [0.2, 0.25) is 0 Å². The van der Waals surface area contributed by atoms with Crippen LogP contribution in [-0.2, 0) is 23.7 Å². The number of ether oxygens (including phenoxy) is 5. The lowest BCUT2D eigenvalue weighted by molar-refractivity contribution is -0.0947. The molecule has 0 aliphatic carbocycles. The van der Waals surface area contributed by atoms with Gasteiger partial charge in [-0.25, -0.2) is 0 Å². The fraction of sp³-hybridized carbons (Fsp3) is 1.00. The summed E-state index contributed by atoms with van der Waals surface area (Å²) >= 11 is 0. The quantitative estimate of drug-likeness (QED) is 0.386. The highest BCUT2D eigenvalue weighted by atomic mass is 16.6. The molecule has 0 aromatic carbocycles. The molecule has 23 heavy (non-hydrogen) atoms. The maximum absolute atomic E-state index is 8.82. The van der Waals surface area contributed by atoms with Crippen molar-refractivity contribution < 1.29 is 28.8 Å². The lowest BCUT2D eigenvalue weighted by Gasteiger charge is -2.21. The third-order valence-electron chi connectivity index (χ3n) is 3.13. The van der Waals surface area contributed by atoms with Gasteiger partial charge >= 0.3 is 0 Å². The Kier molecular flexibility index (Phi) is 17.9. The standard InChI is InChI=1S/C17H36O6/c1-4-7-10-22-16(12-19-5-2)14-21-15-17(13-20-6-3)23-11-8-9-18/h16-18H,4-15H2,1-3H3. The van der Waals surface area contributed by atoms with Gasteiger partial charge in [0.25, 0.3) is 0 Å². The summed E-state index contributed by atoms with van der Waals surface area (Å²) in [6.45, 7) is 10.7. The molecule has 0 aliphatic rings. The second-order valence-electron chi connectivity index (χ2n) is 5.27. The van der Waals surface area contributed by atoms with E-state index in [1.54, 1.807) is 0 Å². The van der Waals surface area contributed by atoms with E-state index in [4.69, 9.17) is 28.8 Å². The molecule has 0 amide bonds. The average Bonchev–Trinajstić information content (AvgIpc) is 2.56. The lowest BCUT2D eigenvalue weighted by Crippen LogP contribution is -2.31. The van der Waals surface area contributed by atoms with Gasteiger partial charge in [-0.3, -0.25) is 0 Å². The zero-order valence-corrected chi connectivity index (χ0v) is 15.1. The van der Waals surface area contributed by atoms with E-state index in [0.29, 0.717) is 52.7 Å². The van der Waals surface area contributed by atoms with Crippen LogP contribution in [0.25, 0.3) is 0 Å². The number of unbranched alkanes of at least 4 members (excludes halogenated alkanes) is 1. The van der Waals surface area contributed by atoms with Crippen molar-refractivity contribution in [2.75, 3.05) is 59.5 Å². The first-order chi connectivity index (χ1) is 11.3. The minimum absolute atomic E-state index is 0.0494. The minimum Gasteiger partial charge on any atom is -0.396 e. The Bertz CT molecular complexity index is 205. The number of aliphatic hydroxyl groups excluding tert-OH is 1. The normalized spacial score (nSPS) is 14.1. The van der Waals surface area contributed by atoms with Crippen LogP contribution in [0.1, 0.15) is 40.0 Å². The van der Waals surface area contributed by atoms with E-state index in [1.807, 2.05) is 13.8 Å². The van der Waals surface area contributed by atoms with Crippen LogP contribution in [0, 0.1) is 0 Å². The molecule has 0 radical (unpaired) electrons. The summed E-state index contributed by atoms with van der Waals surface area (Å²) in [7, 11) is 0. The number of aliphatic hydroxyl groups is 1. The van der Waals surface area contributed by atoms with E-state index in [2.05, 4.69) is 6.92 Å². The SMILES string of the molecule is CCCCOC(COCC)COCC(COCC)OCCCO. The third kappa shape index (κ3) is 15.1. The molecule has 0 aliphatic heterocycles. The predicted molar refractivity (Wildman–Crippen MR) is 89.9 cm³/mol. The minimum atomic E-state index is -0.120. The summed E-state index contributed by atoms with van der Waals surface area (Å²) < 4.78 is 28.0. The maximum Gasteiger partial charge on any atom is 0.104 e. The Labute approximate surface area is 141 Å². The van der Waals surface area contributed by atoms with Crippen LogP contribution in [0.2, 0.25) is 0 Å². The predicted octanol–water partition coefficient (Wildman–Crippen LogP) is 2.03. The molecule has 0 rings (SSSR count). The molecule has 0 aromatic heterocycles. The molecule has 1 N–H and O–H groups in total. The van der Waals surface area contributed by atoms with Crippen molar-refractivity contribution in [1.29, 1.82) is 0 Å². The average molecular weight is 336 g/mol. The van der Waals surface area contributed by atoms with Gasteiger partial charge in [-0.1, -0.05) is 13.3 Å². The van der Waals surface area contributed by atoms with Gasteiger partial charge in [-0.2, -0.15) is 0 Å². The Balaban J connectivity index is 4.03. The van der Waals surface area contributed by atoms with Crippen molar-refractivity contribution in [3.63, 3.8) is 0 Å². The Morgan fingerprint density at radius 2 is 1.17 bits per heavy atom. The van der Waals surface area contributed by atoms with Crippen LogP contribution >= 0.6 is 0 Å². The van der Waals surface area contributed by atoms with Crippen molar-refractivity contribution in [3.8, 4) is 0 Å². The van der Waals surface area contributed by atoms with Crippen LogP contribution in [0.4, 0.5) is 0 Å². The number of hydrogen-bond acceptors (Lipinski definition) is 6. The third-order valence-corrected chi connectivity index (χ3v) is 3.13. The molecule has 0 spiro atoms. The van der Waals surface area contributed by atoms with Crippen molar-refractivity contribution in [2.45, 2.75) is 52.2 Å². The fourth-order valence-corrected chi connectivity index (χ4v) is 1.83. The van der Waals surface area contributed by atoms with Gasteiger partial charge in [0.15, 0.2) is 0 Å². The Hall–Kier alpha value is -0.240. The zero-order chi connectivity index (χ0) is 17.2. The first-order valence-electron chi connectivity index (χ1n) is 8.85. The van der Waals surface area contributed by atoms with Gasteiger partial charge in [0, 0.05) is 33.0 Å². The first kappa shape index (κ1) is 22.8. The summed E-state index contributed by atoms with van der Waals surface area (Å²) in [5.74, 6) is 0. The highest BCUT2D eigenvalue weighted by molar-refractivity contribution is 4.60. The van der Waals surface area contributed by atoms with E-state index in [-0.39, 0.29) is 18.8 Å². The molecule has 6 heteroatoms. The van der Waals surface area contributed by atoms with E-state index >= 15 is 0 Å². The van der Waals surface area contributed by atoms with E-state index in [9.17, 15) is 0 Å². The van der Waals surface area contributed by atoms with E-state index < -0.39 is 0 Å². The summed E-state index contributed by atoms with van der Waals surface area (Å²) in [4.78, 5) is 0. The van der Waals surface area contributed by atoms with Gasteiger partial charge in [0.05, 0.1) is 26.4 Å². The Morgan fingerprint density at radius 1 is 0.696 bits per heavy atom. The van der Waals surface area contributed by atoms with Crippen LogP contribution in [-0.4, -0.2) is 76.8 Å². The molecule has 0 heterocycles. The zero-order valence-electron chi connectivity index (χ0n) is 15.1. The fourth-order valence-electron chi connectivity index (χ4n) is 1.83. The lowest BCUT2D eigenvalue weighted by atomic mass is 10.3. The molecule has 2 atom stereocenters. The monoisotopic (exact) mass is 336 g/mol. The molecule has 0 saturated carbocycles. The van der Waals surface area contributed by atoms with Crippen LogP contribution in [0.15, 0.2) is 0 Å². The van der Waals surface area contributed by atoms with Gasteiger partial charge in [-0.15, -0.1) is 0 Å². The second kappa shape index (κ2) is 18.1. The largest absolute Gasteiger partial charge is 0.396 e. The summed E-state index contributed by atoms with van der Waals surface area (Å²) in [6, 6.07) is 0. The van der Waals surface area contributed by atoms with Gasteiger partial charge < -0.3 is 28.8 Å². The molecular formula is C17H36O6. The van der Waals surface area contributed by atoms with Crippen LogP contribution < -0.4 is 0 Å². The number of rotatable bonds is 18. The van der Waals surface area contributed by atoms with E-state index in [0.717, 1.165) is 19.4 Å². The van der Waals surface area contributed by atoms with E-state index in [1.165, 1.54) is 0 Å². The second-order valence-corrected chi connectivity index (χ2v) is 5.27. The maximum atomic E-state index is 8.82. The molecular weight excluding hydrogens is 300 g/mol. The molecule has 6 nitrogen and oxygen atoms in total. The van der Waals surface area contributed by atoms with Crippen molar-refractivity contribution >= 4 is 0 Å². The van der Waals surface area contributed by atoms with Crippen molar-refractivity contribution in [1.82, 2.24) is 0 Å². The van der Waals surface area contributed by atoms with Crippen molar-refractivity contribution in [2.24, 2.45) is 0 Å². The van der Waals surface area contributed by atoms with Crippen LogP contribution in [0.3, 0.4) is 0 Å². The first-order valence-corrected chi connectivity index (χ1v) is 8.85. The topological polar surface area (TPSA) is 66.4 Å². The molecule has 140 valence electrons. The molecule has 0 fully saturated rings. The van der Waals surface area contributed by atoms with Gasteiger partial charge in [0.1, 0.15) is 12.2 Å². The van der Waals surface area contributed by atoms with Crippen LogP contribution in [0.5, 0.6) is 0 Å². The molecule has 0 bridgehead atoms. The molecule has 0 aromatic rings. The van der Waals surface area contributed by atoms with Crippen molar-refractivity contribution in [3.05, 3.63) is 0 Å². The Morgan fingerprint density at radius 3 is 1.61 bits per heavy atom. The van der Waals surface area contributed by atoms with Gasteiger partial charge in [-0.05, 0) is 26.7 Å². The summed E-state index contributed by atoms with van der Waals surface area (Å²) in [6.07, 6.45) is 2.60. The molecule has 0 saturated heterocycles. The smallest absolute Gasteiger partial charge is 0.104 e. The molecule has 2 unspecified atom stereocenters. The highest BCUT2D eigenvalue weighted by Gasteiger charge is 2.14. The summed E-state index contributed by atoms with van der Waals surface area (Å²) in [5.41, 5.74) is 0. The summed E-state index contributed by atoms with van der Waals surface area (Å²) in [5, 5.41) is 8.82.